The third-order valence-electron chi connectivity index (χ3n) is 6.48. The Bertz CT molecular complexity index is 1670. The van der Waals surface area contributed by atoms with Gasteiger partial charge in [0.05, 0.1) is 32.6 Å². The van der Waals surface area contributed by atoms with Crippen LogP contribution in [-0.4, -0.2) is 30.2 Å². The molecule has 5 rings (SSSR count). The fraction of sp³-hybridized carbons (Fsp3) is 0.231. The summed E-state index contributed by atoms with van der Waals surface area (Å²) in [6, 6.07) is 10.8. The van der Waals surface area contributed by atoms with Crippen molar-refractivity contribution in [1.29, 1.82) is 0 Å². The number of nitrogens with one attached hydrogen (secondary N) is 1. The second-order valence-electron chi connectivity index (χ2n) is 9.00. The highest BCUT2D eigenvalue weighted by Crippen LogP contribution is 2.34. The van der Waals surface area contributed by atoms with Crippen LogP contribution in [0.25, 0.3) is 10.2 Å². The molecule has 198 valence electrons. The molecule has 0 unspecified atom stereocenters. The SMILES string of the molecule is Cc1ccc2c(c1NC(=O)Cc1ccc(C(F)(F)F)c(F)c1)CCN(S(=O)(=O)c1ccc3ncsc3c1)C2. The Hall–Kier alpha value is -3.35. The first-order valence-corrected chi connectivity index (χ1v) is 13.9. The summed E-state index contributed by atoms with van der Waals surface area (Å²) in [5, 5.41) is 2.80. The van der Waals surface area contributed by atoms with Crippen molar-refractivity contribution in [2.75, 3.05) is 11.9 Å². The number of carbonyl (C=O) groups excluding carboxylic acids is 1. The molecule has 12 heteroatoms. The number of rotatable bonds is 5. The fourth-order valence-electron chi connectivity index (χ4n) is 4.54. The minimum Gasteiger partial charge on any atom is -0.325 e. The predicted molar refractivity (Wildman–Crippen MR) is 136 cm³/mol. The number of thiazole rings is 1. The molecule has 0 bridgehead atoms. The van der Waals surface area contributed by atoms with Crippen molar-refractivity contribution in [3.63, 3.8) is 0 Å². The van der Waals surface area contributed by atoms with Crippen LogP contribution in [0.1, 0.15) is 27.8 Å². The molecule has 0 aliphatic carbocycles. The monoisotopic (exact) mass is 563 g/mol. The Labute approximate surface area is 220 Å². The van der Waals surface area contributed by atoms with Gasteiger partial charge in [0.2, 0.25) is 15.9 Å². The lowest BCUT2D eigenvalue weighted by Crippen LogP contribution is -2.36. The number of hydrogen-bond acceptors (Lipinski definition) is 5. The van der Waals surface area contributed by atoms with E-state index in [2.05, 4.69) is 10.3 Å². The van der Waals surface area contributed by atoms with Crippen molar-refractivity contribution >= 4 is 43.2 Å². The van der Waals surface area contributed by atoms with E-state index >= 15 is 0 Å². The Balaban J connectivity index is 1.34. The molecule has 38 heavy (non-hydrogen) atoms. The number of aryl methyl sites for hydroxylation is 1. The van der Waals surface area contributed by atoms with Gasteiger partial charge in [0.1, 0.15) is 5.82 Å². The highest BCUT2D eigenvalue weighted by Gasteiger charge is 2.34. The second kappa shape index (κ2) is 9.75. The van der Waals surface area contributed by atoms with E-state index in [0.717, 1.165) is 33.0 Å². The van der Waals surface area contributed by atoms with Gasteiger partial charge in [-0.05, 0) is 65.9 Å². The standard InChI is InChI=1S/C26H21F4N3O3S2/c1-15-2-4-17-13-33(38(35,36)18-5-7-22-23(12-18)37-14-31-22)9-8-19(17)25(15)32-24(34)11-16-3-6-20(21(27)10-16)26(28,29)30/h2-7,10,12,14H,8-9,11,13H2,1H3,(H,32,34). The lowest BCUT2D eigenvalue weighted by atomic mass is 9.95. The molecule has 1 aromatic heterocycles. The molecule has 0 fully saturated rings. The summed E-state index contributed by atoms with van der Waals surface area (Å²) in [6.07, 6.45) is -4.79. The average molecular weight is 564 g/mol. The minimum absolute atomic E-state index is 0.102. The van der Waals surface area contributed by atoms with Gasteiger partial charge in [-0.3, -0.25) is 4.79 Å². The molecule has 0 atom stereocenters. The molecule has 0 saturated carbocycles. The van der Waals surface area contributed by atoms with Crippen LogP contribution in [0.15, 0.2) is 58.9 Å². The molecule has 1 amide bonds. The first kappa shape index (κ1) is 26.3. The van der Waals surface area contributed by atoms with Crippen LogP contribution in [0, 0.1) is 12.7 Å². The molecule has 1 aliphatic heterocycles. The Morgan fingerprint density at radius 1 is 1.13 bits per heavy atom. The average Bonchev–Trinajstić information content (AvgIpc) is 3.33. The second-order valence-corrected chi connectivity index (χ2v) is 11.8. The van der Waals surface area contributed by atoms with Crippen molar-refractivity contribution in [3.05, 3.63) is 87.7 Å². The number of halogens is 4. The van der Waals surface area contributed by atoms with Gasteiger partial charge in [-0.25, -0.2) is 17.8 Å². The van der Waals surface area contributed by atoms with Crippen molar-refractivity contribution in [3.8, 4) is 0 Å². The summed E-state index contributed by atoms with van der Waals surface area (Å²) in [5.41, 5.74) is 3.91. The van der Waals surface area contributed by atoms with Crippen molar-refractivity contribution in [1.82, 2.24) is 9.29 Å². The van der Waals surface area contributed by atoms with E-state index in [0.29, 0.717) is 24.2 Å². The summed E-state index contributed by atoms with van der Waals surface area (Å²) < 4.78 is 81.2. The highest BCUT2D eigenvalue weighted by atomic mass is 32.2. The van der Waals surface area contributed by atoms with E-state index < -0.39 is 33.5 Å². The van der Waals surface area contributed by atoms with Gasteiger partial charge in [-0.15, -0.1) is 11.3 Å². The maximum absolute atomic E-state index is 13.9. The molecule has 0 saturated heterocycles. The third kappa shape index (κ3) is 5.03. The number of fused-ring (bicyclic) bond motifs is 2. The molecular formula is C26H21F4N3O3S2. The summed E-state index contributed by atoms with van der Waals surface area (Å²) in [5.74, 6) is -1.96. The Morgan fingerprint density at radius 3 is 2.66 bits per heavy atom. The molecule has 1 aliphatic rings. The van der Waals surface area contributed by atoms with Gasteiger partial charge in [-0.1, -0.05) is 18.2 Å². The summed E-state index contributed by atoms with van der Waals surface area (Å²) in [4.78, 5) is 17.1. The van der Waals surface area contributed by atoms with Gasteiger partial charge in [0.15, 0.2) is 0 Å². The van der Waals surface area contributed by atoms with Crippen molar-refractivity contribution in [2.45, 2.75) is 37.4 Å². The number of sulfonamides is 1. The predicted octanol–water partition coefficient (Wildman–Crippen LogP) is 5.69. The zero-order valence-corrected chi connectivity index (χ0v) is 21.6. The van der Waals surface area contributed by atoms with E-state index in [1.807, 2.05) is 6.07 Å². The quantitative estimate of drug-likeness (QED) is 0.317. The first-order valence-electron chi connectivity index (χ1n) is 11.5. The lowest BCUT2D eigenvalue weighted by Gasteiger charge is -2.30. The van der Waals surface area contributed by atoms with E-state index in [1.165, 1.54) is 21.7 Å². The molecule has 6 nitrogen and oxygen atoms in total. The van der Waals surface area contributed by atoms with Crippen LogP contribution in [0.2, 0.25) is 0 Å². The molecule has 4 aromatic rings. The van der Waals surface area contributed by atoms with Gasteiger partial charge in [0.25, 0.3) is 0 Å². The number of benzene rings is 3. The lowest BCUT2D eigenvalue weighted by molar-refractivity contribution is -0.140. The van der Waals surface area contributed by atoms with E-state index in [9.17, 15) is 30.8 Å². The van der Waals surface area contributed by atoms with Gasteiger partial charge >= 0.3 is 6.18 Å². The number of alkyl halides is 3. The van der Waals surface area contributed by atoms with E-state index in [4.69, 9.17) is 0 Å². The molecule has 1 N–H and O–H groups in total. The van der Waals surface area contributed by atoms with Crippen LogP contribution in [-0.2, 0) is 40.4 Å². The summed E-state index contributed by atoms with van der Waals surface area (Å²) in [6.45, 7) is 2.11. The summed E-state index contributed by atoms with van der Waals surface area (Å²) in [7, 11) is -3.77. The van der Waals surface area contributed by atoms with Crippen LogP contribution >= 0.6 is 11.3 Å². The number of amides is 1. The third-order valence-corrected chi connectivity index (χ3v) is 9.12. The summed E-state index contributed by atoms with van der Waals surface area (Å²) >= 11 is 1.36. The molecule has 2 heterocycles. The number of nitrogens with zero attached hydrogens (tertiary/aromatic N) is 2. The Morgan fingerprint density at radius 2 is 1.92 bits per heavy atom. The molecule has 0 radical (unpaired) electrons. The topological polar surface area (TPSA) is 79.4 Å². The fourth-order valence-corrected chi connectivity index (χ4v) is 6.78. The van der Waals surface area contributed by atoms with E-state index in [-0.39, 0.29) is 30.0 Å². The number of carbonyl (C=O) groups is 1. The van der Waals surface area contributed by atoms with Crippen LogP contribution in [0.4, 0.5) is 23.2 Å². The number of anilines is 1. The van der Waals surface area contributed by atoms with Gasteiger partial charge < -0.3 is 5.32 Å². The van der Waals surface area contributed by atoms with E-state index in [1.54, 1.807) is 30.6 Å². The Kier molecular flexibility index (Phi) is 6.74. The molecule has 3 aromatic carbocycles. The maximum atomic E-state index is 13.9. The number of hydrogen-bond donors (Lipinski definition) is 1. The molecular weight excluding hydrogens is 542 g/mol. The zero-order chi connectivity index (χ0) is 27.2. The highest BCUT2D eigenvalue weighted by molar-refractivity contribution is 7.89. The smallest absolute Gasteiger partial charge is 0.325 e. The minimum atomic E-state index is -4.82. The zero-order valence-electron chi connectivity index (χ0n) is 20.0. The van der Waals surface area contributed by atoms with Crippen LogP contribution in [0.3, 0.4) is 0 Å². The largest absolute Gasteiger partial charge is 0.419 e. The van der Waals surface area contributed by atoms with Gasteiger partial charge in [-0.2, -0.15) is 17.5 Å². The van der Waals surface area contributed by atoms with Crippen LogP contribution in [0.5, 0.6) is 0 Å². The van der Waals surface area contributed by atoms with Crippen molar-refractivity contribution in [2.24, 2.45) is 0 Å². The van der Waals surface area contributed by atoms with Crippen molar-refractivity contribution < 1.29 is 30.8 Å². The normalized spacial score (nSPS) is 14.4. The first-order chi connectivity index (χ1) is 17.9. The number of aromatic nitrogens is 1. The maximum Gasteiger partial charge on any atom is 0.419 e. The molecule has 0 spiro atoms. The van der Waals surface area contributed by atoms with Crippen LogP contribution < -0.4 is 5.32 Å². The van der Waals surface area contributed by atoms with Gasteiger partial charge in [0, 0.05) is 18.8 Å².